The fourth-order valence-electron chi connectivity index (χ4n) is 2.42. The van der Waals surface area contributed by atoms with Crippen molar-refractivity contribution in [3.05, 3.63) is 51.8 Å². The second kappa shape index (κ2) is 5.53. The van der Waals surface area contributed by atoms with Crippen LogP contribution in [0, 0.1) is 13.8 Å². The van der Waals surface area contributed by atoms with Gasteiger partial charge in [0.1, 0.15) is 0 Å². The van der Waals surface area contributed by atoms with Crippen molar-refractivity contribution in [1.29, 1.82) is 0 Å². The quantitative estimate of drug-likeness (QED) is 0.924. The molecular weight excluding hydrogens is 248 g/mol. The Kier molecular flexibility index (Phi) is 3.98. The number of benzene rings is 1. The van der Waals surface area contributed by atoms with Crippen LogP contribution >= 0.6 is 0 Å². The zero-order valence-electron chi connectivity index (χ0n) is 12.6. The third-order valence-electron chi connectivity index (χ3n) is 3.85. The van der Waals surface area contributed by atoms with Gasteiger partial charge in [-0.2, -0.15) is 0 Å². The van der Waals surface area contributed by atoms with Gasteiger partial charge in [-0.1, -0.05) is 24.6 Å². The second-order valence-corrected chi connectivity index (χ2v) is 5.42. The van der Waals surface area contributed by atoms with Gasteiger partial charge < -0.3 is 10.3 Å². The molecule has 3 nitrogen and oxygen atoms in total. The summed E-state index contributed by atoms with van der Waals surface area (Å²) in [6.45, 7) is 8.26. The van der Waals surface area contributed by atoms with E-state index in [0.29, 0.717) is 5.69 Å². The van der Waals surface area contributed by atoms with Gasteiger partial charge in [0.15, 0.2) is 0 Å². The molecule has 2 N–H and O–H groups in total. The van der Waals surface area contributed by atoms with Crippen LogP contribution in [0.2, 0.25) is 0 Å². The van der Waals surface area contributed by atoms with Gasteiger partial charge in [-0.25, -0.2) is 0 Å². The van der Waals surface area contributed by atoms with Crippen LogP contribution < -0.4 is 11.3 Å². The fraction of sp³-hybridized carbons (Fsp3) is 0.353. The topological polar surface area (TPSA) is 48.0 Å². The smallest absolute Gasteiger partial charge is 0.274 e. The number of nitrogen functional groups attached to an aromatic ring is 1. The van der Waals surface area contributed by atoms with Crippen molar-refractivity contribution in [2.45, 2.75) is 40.2 Å². The average Bonchev–Trinajstić information content (AvgIpc) is 2.43. The molecule has 2 aromatic rings. The Labute approximate surface area is 120 Å². The molecule has 0 aliphatic carbocycles. The molecule has 0 radical (unpaired) electrons. The van der Waals surface area contributed by atoms with Crippen molar-refractivity contribution in [2.75, 3.05) is 5.73 Å². The van der Waals surface area contributed by atoms with E-state index in [2.05, 4.69) is 45.9 Å². The highest BCUT2D eigenvalue weighted by Crippen LogP contribution is 2.27. The molecule has 0 aliphatic rings. The summed E-state index contributed by atoms with van der Waals surface area (Å²) in [4.78, 5) is 12.4. The monoisotopic (exact) mass is 270 g/mol. The molecule has 3 heteroatoms. The molecule has 1 aromatic heterocycles. The molecule has 0 saturated carbocycles. The second-order valence-electron chi connectivity index (χ2n) is 5.42. The summed E-state index contributed by atoms with van der Waals surface area (Å²) in [5, 5.41) is 0. The first kappa shape index (κ1) is 14.4. The van der Waals surface area contributed by atoms with Gasteiger partial charge in [-0.3, -0.25) is 4.79 Å². The minimum absolute atomic E-state index is 0.0993. The average molecular weight is 270 g/mol. The number of aryl methyl sites for hydroxylation is 2. The number of nitrogens with zero attached hydrogens (tertiary/aromatic N) is 1. The van der Waals surface area contributed by atoms with Crippen LogP contribution in [0.5, 0.6) is 0 Å². The largest absolute Gasteiger partial charge is 0.394 e. The van der Waals surface area contributed by atoms with Crippen LogP contribution in [0.1, 0.15) is 37.4 Å². The maximum atomic E-state index is 12.4. The standard InChI is InChI=1S/C17H22N2O/c1-5-13(4)19-16(9-8-15(18)17(19)20)14-10-11(2)6-7-12(14)3/h6-10,13H,5,18H2,1-4H3. The van der Waals surface area contributed by atoms with E-state index in [0.717, 1.165) is 23.2 Å². The van der Waals surface area contributed by atoms with E-state index >= 15 is 0 Å². The number of anilines is 1. The van der Waals surface area contributed by atoms with Crippen LogP contribution in [0.3, 0.4) is 0 Å². The predicted octanol–water partition coefficient (Wildman–Crippen LogP) is 3.69. The molecule has 20 heavy (non-hydrogen) atoms. The van der Waals surface area contributed by atoms with Crippen LogP contribution in [0.4, 0.5) is 5.69 Å². The van der Waals surface area contributed by atoms with Gasteiger partial charge >= 0.3 is 0 Å². The molecular formula is C17H22N2O. The Morgan fingerprint density at radius 2 is 1.90 bits per heavy atom. The lowest BCUT2D eigenvalue weighted by Crippen LogP contribution is -2.26. The van der Waals surface area contributed by atoms with Crippen LogP contribution in [-0.4, -0.2) is 4.57 Å². The predicted molar refractivity (Wildman–Crippen MR) is 85.0 cm³/mol. The third kappa shape index (κ3) is 2.48. The Morgan fingerprint density at radius 3 is 2.55 bits per heavy atom. The van der Waals surface area contributed by atoms with Crippen molar-refractivity contribution in [1.82, 2.24) is 4.57 Å². The van der Waals surface area contributed by atoms with Crippen molar-refractivity contribution in [3.63, 3.8) is 0 Å². The van der Waals surface area contributed by atoms with E-state index in [1.54, 1.807) is 6.07 Å². The Morgan fingerprint density at radius 1 is 1.20 bits per heavy atom. The number of hydrogen-bond donors (Lipinski definition) is 1. The zero-order chi connectivity index (χ0) is 14.9. The lowest BCUT2D eigenvalue weighted by molar-refractivity contribution is 0.521. The summed E-state index contributed by atoms with van der Waals surface area (Å²) in [5.41, 5.74) is 10.4. The van der Waals surface area contributed by atoms with Crippen molar-refractivity contribution in [3.8, 4) is 11.3 Å². The SMILES string of the molecule is CCC(C)n1c(-c2cc(C)ccc2C)ccc(N)c1=O. The Bertz CT molecular complexity index is 686. The number of aromatic nitrogens is 1. The summed E-state index contributed by atoms with van der Waals surface area (Å²) >= 11 is 0. The molecule has 2 rings (SSSR count). The number of rotatable bonds is 3. The Balaban J connectivity index is 2.77. The molecule has 1 heterocycles. The normalized spacial score (nSPS) is 12.4. The van der Waals surface area contributed by atoms with E-state index in [1.165, 1.54) is 5.56 Å². The first-order valence-corrected chi connectivity index (χ1v) is 7.04. The van der Waals surface area contributed by atoms with Crippen molar-refractivity contribution in [2.24, 2.45) is 0 Å². The summed E-state index contributed by atoms with van der Waals surface area (Å²) < 4.78 is 1.82. The lowest BCUT2D eigenvalue weighted by Gasteiger charge is -2.20. The lowest BCUT2D eigenvalue weighted by atomic mass is 10.0. The third-order valence-corrected chi connectivity index (χ3v) is 3.85. The maximum Gasteiger partial charge on any atom is 0.274 e. The summed E-state index contributed by atoms with van der Waals surface area (Å²) in [6, 6.07) is 10.1. The summed E-state index contributed by atoms with van der Waals surface area (Å²) in [5.74, 6) is 0. The van der Waals surface area contributed by atoms with Gasteiger partial charge in [0.05, 0.1) is 11.4 Å². The van der Waals surface area contributed by atoms with Gasteiger partial charge in [0.25, 0.3) is 5.56 Å². The van der Waals surface area contributed by atoms with Crippen molar-refractivity contribution < 1.29 is 0 Å². The van der Waals surface area contributed by atoms with Crippen molar-refractivity contribution >= 4 is 5.69 Å². The molecule has 1 aromatic carbocycles. The molecule has 0 aliphatic heterocycles. The van der Waals surface area contributed by atoms with Crippen LogP contribution in [-0.2, 0) is 0 Å². The molecule has 0 amide bonds. The highest BCUT2D eigenvalue weighted by molar-refractivity contribution is 5.66. The number of pyridine rings is 1. The molecule has 0 bridgehead atoms. The number of nitrogens with two attached hydrogens (primary N) is 1. The molecule has 1 atom stereocenters. The van der Waals surface area contributed by atoms with E-state index in [4.69, 9.17) is 5.73 Å². The highest BCUT2D eigenvalue weighted by atomic mass is 16.1. The minimum atomic E-state index is -0.0993. The van der Waals surface area contributed by atoms with Gasteiger partial charge in [0, 0.05) is 11.6 Å². The minimum Gasteiger partial charge on any atom is -0.394 e. The molecule has 0 saturated heterocycles. The number of hydrogen-bond acceptors (Lipinski definition) is 2. The molecule has 1 unspecified atom stereocenters. The van der Waals surface area contributed by atoms with E-state index < -0.39 is 0 Å². The first-order valence-electron chi connectivity index (χ1n) is 7.04. The van der Waals surface area contributed by atoms with E-state index in [9.17, 15) is 4.79 Å². The van der Waals surface area contributed by atoms with Crippen LogP contribution in [0.15, 0.2) is 35.1 Å². The molecule has 106 valence electrons. The van der Waals surface area contributed by atoms with Crippen LogP contribution in [0.25, 0.3) is 11.3 Å². The first-order chi connectivity index (χ1) is 9.45. The van der Waals surface area contributed by atoms with Gasteiger partial charge in [-0.15, -0.1) is 0 Å². The Hall–Kier alpha value is -2.03. The van der Waals surface area contributed by atoms with E-state index in [1.807, 2.05) is 10.6 Å². The molecule has 0 spiro atoms. The van der Waals surface area contributed by atoms with Gasteiger partial charge in [0.2, 0.25) is 0 Å². The highest BCUT2D eigenvalue weighted by Gasteiger charge is 2.14. The maximum absolute atomic E-state index is 12.4. The van der Waals surface area contributed by atoms with Gasteiger partial charge in [-0.05, 0) is 51.0 Å². The summed E-state index contributed by atoms with van der Waals surface area (Å²) in [6.07, 6.45) is 0.890. The molecule has 0 fully saturated rings. The van der Waals surface area contributed by atoms with E-state index in [-0.39, 0.29) is 11.6 Å². The fourth-order valence-corrected chi connectivity index (χ4v) is 2.42. The summed E-state index contributed by atoms with van der Waals surface area (Å²) in [7, 11) is 0. The zero-order valence-corrected chi connectivity index (χ0v) is 12.6.